The van der Waals surface area contributed by atoms with E-state index < -0.39 is 0 Å². The first kappa shape index (κ1) is 15.6. The Kier molecular flexibility index (Phi) is 4.69. The van der Waals surface area contributed by atoms with Crippen LogP contribution in [0.1, 0.15) is 11.1 Å². The first-order valence-corrected chi connectivity index (χ1v) is 8.20. The standard InChI is InChI=1S/C17H14ClN3OS/c1-11-2-6-13(7-3-11)16-20-17(23-21-16)19-15(22)10-12-4-8-14(18)9-5-12/h2-9H,10H2,1H3,(H,19,20,21,22). The number of aryl methyl sites for hydroxylation is 1. The van der Waals surface area contributed by atoms with Gasteiger partial charge in [0.25, 0.3) is 0 Å². The molecule has 0 spiro atoms. The van der Waals surface area contributed by atoms with Crippen molar-refractivity contribution in [1.29, 1.82) is 0 Å². The number of hydrogen-bond donors (Lipinski definition) is 1. The smallest absolute Gasteiger partial charge is 0.230 e. The fourth-order valence-corrected chi connectivity index (χ4v) is 2.78. The Hall–Kier alpha value is -2.24. The molecule has 0 aliphatic heterocycles. The van der Waals surface area contributed by atoms with Crippen molar-refractivity contribution in [1.82, 2.24) is 9.36 Å². The highest BCUT2D eigenvalue weighted by Crippen LogP contribution is 2.21. The summed E-state index contributed by atoms with van der Waals surface area (Å²) in [5.74, 6) is 0.496. The molecule has 0 radical (unpaired) electrons. The van der Waals surface area contributed by atoms with Crippen molar-refractivity contribution in [2.75, 3.05) is 5.32 Å². The third-order valence-corrected chi connectivity index (χ3v) is 4.14. The molecule has 6 heteroatoms. The first-order valence-electron chi connectivity index (χ1n) is 7.05. The van der Waals surface area contributed by atoms with Gasteiger partial charge in [0.05, 0.1) is 6.42 Å². The van der Waals surface area contributed by atoms with Crippen LogP contribution in [-0.4, -0.2) is 15.3 Å². The van der Waals surface area contributed by atoms with Gasteiger partial charge < -0.3 is 5.32 Å². The fourth-order valence-electron chi connectivity index (χ4n) is 2.05. The van der Waals surface area contributed by atoms with Gasteiger partial charge in [-0.15, -0.1) is 0 Å². The number of hydrogen-bond acceptors (Lipinski definition) is 4. The predicted molar refractivity (Wildman–Crippen MR) is 93.9 cm³/mol. The number of aromatic nitrogens is 2. The van der Waals surface area contributed by atoms with Gasteiger partial charge in [-0.1, -0.05) is 53.6 Å². The summed E-state index contributed by atoms with van der Waals surface area (Å²) in [4.78, 5) is 16.4. The zero-order chi connectivity index (χ0) is 16.2. The van der Waals surface area contributed by atoms with E-state index in [9.17, 15) is 4.79 Å². The highest BCUT2D eigenvalue weighted by Gasteiger charge is 2.10. The average Bonchev–Trinajstić information content (AvgIpc) is 2.98. The monoisotopic (exact) mass is 343 g/mol. The van der Waals surface area contributed by atoms with Crippen molar-refractivity contribution in [2.45, 2.75) is 13.3 Å². The number of nitrogens with zero attached hydrogens (tertiary/aromatic N) is 2. The molecule has 23 heavy (non-hydrogen) atoms. The molecular formula is C17H14ClN3OS. The second kappa shape index (κ2) is 6.89. The Morgan fingerprint density at radius 1 is 1.13 bits per heavy atom. The van der Waals surface area contributed by atoms with Gasteiger partial charge in [-0.2, -0.15) is 9.36 Å². The van der Waals surface area contributed by atoms with E-state index >= 15 is 0 Å². The van der Waals surface area contributed by atoms with Gasteiger partial charge in [-0.3, -0.25) is 4.79 Å². The van der Waals surface area contributed by atoms with E-state index in [0.29, 0.717) is 16.0 Å². The summed E-state index contributed by atoms with van der Waals surface area (Å²) < 4.78 is 4.29. The Morgan fingerprint density at radius 2 is 1.83 bits per heavy atom. The number of carbonyl (C=O) groups is 1. The number of rotatable bonds is 4. The summed E-state index contributed by atoms with van der Waals surface area (Å²) in [6.45, 7) is 2.03. The SMILES string of the molecule is Cc1ccc(-c2nsc(NC(=O)Cc3ccc(Cl)cc3)n2)cc1. The van der Waals surface area contributed by atoms with Gasteiger partial charge >= 0.3 is 0 Å². The van der Waals surface area contributed by atoms with Gasteiger partial charge in [0.1, 0.15) is 0 Å². The summed E-state index contributed by atoms with van der Waals surface area (Å²) in [6.07, 6.45) is 0.274. The number of anilines is 1. The minimum absolute atomic E-state index is 0.126. The van der Waals surface area contributed by atoms with E-state index in [0.717, 1.165) is 11.1 Å². The molecule has 1 heterocycles. The second-order valence-corrected chi connectivity index (χ2v) is 6.33. The lowest BCUT2D eigenvalue weighted by Crippen LogP contribution is -2.14. The van der Waals surface area contributed by atoms with Crippen LogP contribution in [-0.2, 0) is 11.2 Å². The van der Waals surface area contributed by atoms with Crippen molar-refractivity contribution in [2.24, 2.45) is 0 Å². The van der Waals surface area contributed by atoms with Crippen LogP contribution in [0.4, 0.5) is 5.13 Å². The molecule has 0 atom stereocenters. The molecule has 0 bridgehead atoms. The predicted octanol–water partition coefficient (Wildman–Crippen LogP) is 4.35. The van der Waals surface area contributed by atoms with Crippen LogP contribution in [0.2, 0.25) is 5.02 Å². The van der Waals surface area contributed by atoms with E-state index in [2.05, 4.69) is 14.7 Å². The van der Waals surface area contributed by atoms with Gasteiger partial charge in [-0.25, -0.2) is 0 Å². The summed E-state index contributed by atoms with van der Waals surface area (Å²) in [6, 6.07) is 15.2. The minimum atomic E-state index is -0.126. The number of carbonyl (C=O) groups excluding carboxylic acids is 1. The van der Waals surface area contributed by atoms with E-state index in [1.54, 1.807) is 12.1 Å². The van der Waals surface area contributed by atoms with Crippen molar-refractivity contribution >= 4 is 34.2 Å². The Balaban J connectivity index is 1.65. The van der Waals surface area contributed by atoms with Gasteiger partial charge in [0, 0.05) is 22.1 Å². The molecule has 116 valence electrons. The molecule has 3 aromatic rings. The summed E-state index contributed by atoms with van der Waals surface area (Å²) in [5, 5.41) is 3.93. The molecule has 1 amide bonds. The van der Waals surface area contributed by atoms with Crippen LogP contribution in [0.5, 0.6) is 0 Å². The van der Waals surface area contributed by atoms with Crippen LogP contribution >= 0.6 is 23.1 Å². The lowest BCUT2D eigenvalue weighted by molar-refractivity contribution is -0.115. The van der Waals surface area contributed by atoms with Crippen molar-refractivity contribution < 1.29 is 4.79 Å². The Bertz CT molecular complexity index is 813. The highest BCUT2D eigenvalue weighted by molar-refractivity contribution is 7.10. The summed E-state index contributed by atoms with van der Waals surface area (Å²) in [5.41, 5.74) is 3.01. The van der Waals surface area contributed by atoms with E-state index in [-0.39, 0.29) is 12.3 Å². The molecule has 1 aromatic heterocycles. The molecule has 2 aromatic carbocycles. The maximum atomic E-state index is 12.1. The maximum Gasteiger partial charge on any atom is 0.230 e. The molecule has 3 rings (SSSR count). The topological polar surface area (TPSA) is 54.9 Å². The molecule has 0 aliphatic rings. The van der Waals surface area contributed by atoms with Crippen LogP contribution in [0.3, 0.4) is 0 Å². The Morgan fingerprint density at radius 3 is 2.52 bits per heavy atom. The van der Waals surface area contributed by atoms with Crippen LogP contribution < -0.4 is 5.32 Å². The molecule has 1 N–H and O–H groups in total. The number of halogens is 1. The van der Waals surface area contributed by atoms with Gasteiger partial charge in [0.2, 0.25) is 11.0 Å². The zero-order valence-corrected chi connectivity index (χ0v) is 14.0. The molecular weight excluding hydrogens is 330 g/mol. The molecule has 0 fully saturated rings. The Labute approximate surface area is 143 Å². The van der Waals surface area contributed by atoms with Crippen LogP contribution in [0.25, 0.3) is 11.4 Å². The average molecular weight is 344 g/mol. The van der Waals surface area contributed by atoms with E-state index in [1.807, 2.05) is 43.3 Å². The van der Waals surface area contributed by atoms with Crippen molar-refractivity contribution in [3.8, 4) is 11.4 Å². The number of benzene rings is 2. The highest BCUT2D eigenvalue weighted by atomic mass is 35.5. The quantitative estimate of drug-likeness (QED) is 0.766. The van der Waals surface area contributed by atoms with Gasteiger partial charge in [-0.05, 0) is 24.6 Å². The second-order valence-electron chi connectivity index (χ2n) is 5.14. The molecule has 0 saturated carbocycles. The fraction of sp³-hybridized carbons (Fsp3) is 0.118. The number of nitrogens with one attached hydrogen (secondary N) is 1. The third kappa shape index (κ3) is 4.15. The van der Waals surface area contributed by atoms with Crippen LogP contribution in [0, 0.1) is 6.92 Å². The van der Waals surface area contributed by atoms with Crippen molar-refractivity contribution in [3.05, 3.63) is 64.7 Å². The normalized spacial score (nSPS) is 10.5. The first-order chi connectivity index (χ1) is 11.1. The number of amides is 1. The van der Waals surface area contributed by atoms with E-state index in [1.165, 1.54) is 17.1 Å². The lowest BCUT2D eigenvalue weighted by atomic mass is 10.1. The lowest BCUT2D eigenvalue weighted by Gasteiger charge is -2.01. The summed E-state index contributed by atoms with van der Waals surface area (Å²) in [7, 11) is 0. The van der Waals surface area contributed by atoms with Gasteiger partial charge in [0.15, 0.2) is 5.82 Å². The largest absolute Gasteiger partial charge is 0.300 e. The maximum absolute atomic E-state index is 12.1. The van der Waals surface area contributed by atoms with E-state index in [4.69, 9.17) is 11.6 Å². The minimum Gasteiger partial charge on any atom is -0.300 e. The molecule has 0 aliphatic carbocycles. The molecule has 0 unspecified atom stereocenters. The van der Waals surface area contributed by atoms with Crippen molar-refractivity contribution in [3.63, 3.8) is 0 Å². The molecule has 0 saturated heterocycles. The van der Waals surface area contributed by atoms with Crippen LogP contribution in [0.15, 0.2) is 48.5 Å². The third-order valence-electron chi connectivity index (χ3n) is 3.26. The molecule has 4 nitrogen and oxygen atoms in total. The summed E-state index contributed by atoms with van der Waals surface area (Å²) >= 11 is 7.01. The zero-order valence-electron chi connectivity index (χ0n) is 12.4.